The Hall–Kier alpha value is -2.56. The number of nitrogens with one attached hydrogen (secondary N) is 1. The molecule has 1 heterocycles. The van der Waals surface area contributed by atoms with Gasteiger partial charge in [0.05, 0.1) is 0 Å². The van der Waals surface area contributed by atoms with Crippen LogP contribution in [0.5, 0.6) is 0 Å². The summed E-state index contributed by atoms with van der Waals surface area (Å²) < 4.78 is 0. The molecule has 0 aliphatic rings. The fourth-order valence-corrected chi connectivity index (χ4v) is 1.86. The zero-order chi connectivity index (χ0) is 15.4. The predicted octanol–water partition coefficient (Wildman–Crippen LogP) is 2.47. The van der Waals surface area contributed by atoms with Gasteiger partial charge in [-0.25, -0.2) is 0 Å². The first-order valence-electron chi connectivity index (χ1n) is 6.69. The fourth-order valence-electron chi connectivity index (χ4n) is 1.86. The molecule has 110 valence electrons. The maximum absolute atomic E-state index is 12.2. The average Bonchev–Trinajstić information content (AvgIpc) is 2.48. The van der Waals surface area contributed by atoms with Crippen LogP contribution >= 0.6 is 0 Å². The highest BCUT2D eigenvalue weighted by Crippen LogP contribution is 2.17. The van der Waals surface area contributed by atoms with Crippen molar-refractivity contribution in [2.75, 3.05) is 43.3 Å². The van der Waals surface area contributed by atoms with E-state index in [4.69, 9.17) is 0 Å². The van der Waals surface area contributed by atoms with Gasteiger partial charge in [-0.05, 0) is 36.4 Å². The van der Waals surface area contributed by atoms with Gasteiger partial charge >= 0.3 is 0 Å². The van der Waals surface area contributed by atoms with Crippen LogP contribution in [0.4, 0.5) is 17.1 Å². The molecule has 1 aromatic carbocycles. The largest absolute Gasteiger partial charge is 0.378 e. The monoisotopic (exact) mass is 284 g/mol. The van der Waals surface area contributed by atoms with E-state index in [1.54, 1.807) is 12.3 Å². The number of hydrogen-bond donors (Lipinski definition) is 1. The average molecular weight is 284 g/mol. The summed E-state index contributed by atoms with van der Waals surface area (Å²) in [5, 5.41) is 2.85. The van der Waals surface area contributed by atoms with Gasteiger partial charge in [0.2, 0.25) is 0 Å². The lowest BCUT2D eigenvalue weighted by Gasteiger charge is -2.14. The van der Waals surface area contributed by atoms with Crippen LogP contribution in [-0.4, -0.2) is 39.1 Å². The highest BCUT2D eigenvalue weighted by atomic mass is 16.1. The summed E-state index contributed by atoms with van der Waals surface area (Å²) in [4.78, 5) is 20.3. The Labute approximate surface area is 125 Å². The molecule has 0 spiro atoms. The van der Waals surface area contributed by atoms with E-state index in [0.717, 1.165) is 17.1 Å². The van der Waals surface area contributed by atoms with Gasteiger partial charge in [0.15, 0.2) is 0 Å². The predicted molar refractivity (Wildman–Crippen MR) is 87.3 cm³/mol. The number of rotatable bonds is 4. The molecule has 0 saturated carbocycles. The molecule has 0 aliphatic heterocycles. The summed E-state index contributed by atoms with van der Waals surface area (Å²) in [6.07, 6.45) is 1.64. The number of nitrogens with zero attached hydrogens (tertiary/aromatic N) is 3. The van der Waals surface area contributed by atoms with E-state index >= 15 is 0 Å². The number of aromatic nitrogens is 1. The van der Waals surface area contributed by atoms with Crippen molar-refractivity contribution in [3.05, 3.63) is 48.3 Å². The zero-order valence-electron chi connectivity index (χ0n) is 12.8. The molecule has 0 bridgehead atoms. The van der Waals surface area contributed by atoms with Crippen LogP contribution in [0, 0.1) is 0 Å². The molecular weight excluding hydrogens is 264 g/mol. The molecule has 1 amide bonds. The first-order valence-corrected chi connectivity index (χ1v) is 6.69. The Morgan fingerprint density at radius 1 is 0.952 bits per heavy atom. The Morgan fingerprint density at radius 3 is 2.14 bits per heavy atom. The summed E-state index contributed by atoms with van der Waals surface area (Å²) in [5.74, 6) is -0.212. The van der Waals surface area contributed by atoms with Crippen molar-refractivity contribution >= 4 is 23.0 Å². The van der Waals surface area contributed by atoms with Crippen molar-refractivity contribution in [3.63, 3.8) is 0 Å². The van der Waals surface area contributed by atoms with Gasteiger partial charge in [-0.3, -0.25) is 9.78 Å². The van der Waals surface area contributed by atoms with Gasteiger partial charge in [0.25, 0.3) is 5.91 Å². The Morgan fingerprint density at radius 2 is 1.57 bits per heavy atom. The lowest BCUT2D eigenvalue weighted by molar-refractivity contribution is 0.102. The number of benzene rings is 1. The van der Waals surface area contributed by atoms with Crippen LogP contribution in [0.1, 0.15) is 10.5 Å². The fraction of sp³-hybridized carbons (Fsp3) is 0.250. The maximum Gasteiger partial charge on any atom is 0.274 e. The lowest BCUT2D eigenvalue weighted by atomic mass is 10.2. The molecule has 0 fully saturated rings. The molecule has 21 heavy (non-hydrogen) atoms. The SMILES string of the molecule is CN(C)c1ccc(NC(=O)c2cc(N(C)C)ccn2)cc1. The van der Waals surface area contributed by atoms with E-state index < -0.39 is 0 Å². The molecule has 1 aromatic heterocycles. The van der Waals surface area contributed by atoms with Gasteiger partial charge < -0.3 is 15.1 Å². The van der Waals surface area contributed by atoms with Gasteiger partial charge in [-0.1, -0.05) is 0 Å². The van der Waals surface area contributed by atoms with Crippen molar-refractivity contribution in [1.29, 1.82) is 0 Å². The molecule has 0 saturated heterocycles. The van der Waals surface area contributed by atoms with Crippen LogP contribution in [0.15, 0.2) is 42.6 Å². The van der Waals surface area contributed by atoms with Crippen LogP contribution < -0.4 is 15.1 Å². The summed E-state index contributed by atoms with van der Waals surface area (Å²) in [5.41, 5.74) is 3.18. The minimum atomic E-state index is -0.212. The van der Waals surface area contributed by atoms with E-state index in [2.05, 4.69) is 10.3 Å². The van der Waals surface area contributed by atoms with Crippen molar-refractivity contribution in [1.82, 2.24) is 4.98 Å². The van der Waals surface area contributed by atoms with Crippen molar-refractivity contribution in [3.8, 4) is 0 Å². The van der Waals surface area contributed by atoms with E-state index in [1.165, 1.54) is 0 Å². The van der Waals surface area contributed by atoms with Crippen molar-refractivity contribution < 1.29 is 4.79 Å². The second-order valence-corrected chi connectivity index (χ2v) is 5.19. The number of anilines is 3. The summed E-state index contributed by atoms with van der Waals surface area (Å²) >= 11 is 0. The first kappa shape index (κ1) is 14.8. The van der Waals surface area contributed by atoms with Gasteiger partial charge in [0, 0.05) is 51.4 Å². The van der Waals surface area contributed by atoms with Crippen molar-refractivity contribution in [2.24, 2.45) is 0 Å². The van der Waals surface area contributed by atoms with Crippen LogP contribution in [0.3, 0.4) is 0 Å². The lowest BCUT2D eigenvalue weighted by Crippen LogP contribution is -2.16. The highest BCUT2D eigenvalue weighted by Gasteiger charge is 2.09. The smallest absolute Gasteiger partial charge is 0.274 e. The first-order chi connectivity index (χ1) is 9.97. The molecule has 0 radical (unpaired) electrons. The van der Waals surface area contributed by atoms with Crippen LogP contribution in [0.25, 0.3) is 0 Å². The van der Waals surface area contributed by atoms with Gasteiger partial charge in [-0.15, -0.1) is 0 Å². The van der Waals surface area contributed by atoms with Gasteiger partial charge in [0.1, 0.15) is 5.69 Å². The van der Waals surface area contributed by atoms with E-state index in [1.807, 2.05) is 68.3 Å². The Kier molecular flexibility index (Phi) is 4.42. The molecule has 0 atom stereocenters. The van der Waals surface area contributed by atoms with E-state index in [-0.39, 0.29) is 5.91 Å². The summed E-state index contributed by atoms with van der Waals surface area (Å²) in [6, 6.07) is 11.3. The molecule has 2 rings (SSSR count). The van der Waals surface area contributed by atoms with Gasteiger partial charge in [-0.2, -0.15) is 0 Å². The third-order valence-electron chi connectivity index (χ3n) is 3.13. The standard InChI is InChI=1S/C16H20N4O/c1-19(2)13-7-5-12(6-8-13)18-16(21)15-11-14(20(3)4)9-10-17-15/h5-11H,1-4H3,(H,18,21). The second-order valence-electron chi connectivity index (χ2n) is 5.19. The second kappa shape index (κ2) is 6.26. The maximum atomic E-state index is 12.2. The van der Waals surface area contributed by atoms with E-state index in [0.29, 0.717) is 5.69 Å². The number of hydrogen-bond acceptors (Lipinski definition) is 4. The normalized spacial score (nSPS) is 10.1. The molecule has 0 aliphatic carbocycles. The number of amides is 1. The number of pyridine rings is 1. The Bertz CT molecular complexity index is 620. The molecule has 5 nitrogen and oxygen atoms in total. The number of carbonyl (C=O) groups excluding carboxylic acids is 1. The van der Waals surface area contributed by atoms with E-state index in [9.17, 15) is 4.79 Å². The number of carbonyl (C=O) groups is 1. The molecule has 2 aromatic rings. The molecule has 5 heteroatoms. The topological polar surface area (TPSA) is 48.5 Å². The summed E-state index contributed by atoms with van der Waals surface area (Å²) in [6.45, 7) is 0. The highest BCUT2D eigenvalue weighted by molar-refractivity contribution is 6.03. The minimum Gasteiger partial charge on any atom is -0.378 e. The molecule has 1 N–H and O–H groups in total. The third kappa shape index (κ3) is 3.72. The summed E-state index contributed by atoms with van der Waals surface area (Å²) in [7, 11) is 7.81. The van der Waals surface area contributed by atoms with Crippen LogP contribution in [0.2, 0.25) is 0 Å². The molecular formula is C16H20N4O. The quantitative estimate of drug-likeness (QED) is 0.937. The van der Waals surface area contributed by atoms with Crippen LogP contribution in [-0.2, 0) is 0 Å². The minimum absolute atomic E-state index is 0.212. The molecule has 0 unspecified atom stereocenters. The Balaban J connectivity index is 2.12. The van der Waals surface area contributed by atoms with Crippen molar-refractivity contribution in [2.45, 2.75) is 0 Å². The zero-order valence-corrected chi connectivity index (χ0v) is 12.8. The third-order valence-corrected chi connectivity index (χ3v) is 3.13.